The maximum absolute atomic E-state index is 11.9. The Hall–Kier alpha value is -1.01. The highest BCUT2D eigenvalue weighted by Crippen LogP contribution is 2.18. The smallest absolute Gasteiger partial charge is 0.249 e. The van der Waals surface area contributed by atoms with Gasteiger partial charge in [0.05, 0.1) is 6.10 Å². The molecule has 23 heavy (non-hydrogen) atoms. The summed E-state index contributed by atoms with van der Waals surface area (Å²) in [6.45, 7) is 2.07. The number of nitrogens with one attached hydrogen (secondary N) is 1. The van der Waals surface area contributed by atoms with Gasteiger partial charge in [0.2, 0.25) is 5.91 Å². The zero-order valence-corrected chi connectivity index (χ0v) is 15.1. The number of nitrogens with two attached hydrogens (primary N) is 1. The molecule has 0 spiro atoms. The van der Waals surface area contributed by atoms with Crippen molar-refractivity contribution in [3.8, 4) is 0 Å². The molecule has 2 atom stereocenters. The number of amides is 1. The first-order valence-electron chi connectivity index (χ1n) is 7.60. The lowest BCUT2D eigenvalue weighted by molar-refractivity contribution is -0.131. The van der Waals surface area contributed by atoms with Gasteiger partial charge in [-0.1, -0.05) is 18.2 Å². The van der Waals surface area contributed by atoms with Crippen LogP contribution in [0.3, 0.4) is 0 Å². The Kier molecular flexibility index (Phi) is 11.0. The van der Waals surface area contributed by atoms with E-state index in [4.69, 9.17) is 10.5 Å². The van der Waals surface area contributed by atoms with Gasteiger partial charge in [-0.05, 0) is 31.4 Å². The molecule has 1 fully saturated rings. The molecule has 2 rings (SSSR count). The van der Waals surface area contributed by atoms with E-state index in [1.807, 2.05) is 18.2 Å². The summed E-state index contributed by atoms with van der Waals surface area (Å²) in [5, 5.41) is 2.94. The monoisotopic (exact) mass is 363 g/mol. The van der Waals surface area contributed by atoms with E-state index in [2.05, 4.69) is 29.4 Å². The van der Waals surface area contributed by atoms with E-state index in [0.717, 1.165) is 25.8 Å². The zero-order valence-electron chi connectivity index (χ0n) is 13.4. The van der Waals surface area contributed by atoms with Crippen molar-refractivity contribution in [3.05, 3.63) is 30.3 Å². The molecule has 1 aromatic rings. The van der Waals surface area contributed by atoms with Crippen molar-refractivity contribution in [2.75, 3.05) is 31.6 Å². The molecule has 132 valence electrons. The third-order valence-corrected chi connectivity index (χ3v) is 3.83. The highest BCUT2D eigenvalue weighted by Gasteiger charge is 2.29. The number of carbonyl (C=O) groups is 1. The number of para-hydroxylation sites is 1. The molecule has 1 aliphatic rings. The molecule has 1 amide bonds. The van der Waals surface area contributed by atoms with Gasteiger partial charge in [-0.2, -0.15) is 0 Å². The summed E-state index contributed by atoms with van der Waals surface area (Å²) in [7, 11) is 2.06. The fraction of sp³-hybridized carbons (Fsp3) is 0.562. The van der Waals surface area contributed by atoms with Crippen molar-refractivity contribution in [2.45, 2.75) is 31.5 Å². The summed E-state index contributed by atoms with van der Waals surface area (Å²) in [6.07, 6.45) is 2.29. The average Bonchev–Trinajstić information content (AvgIpc) is 3.01. The molecule has 1 aliphatic heterocycles. The molecule has 1 heterocycles. The molecular formula is C16H27Cl2N3O2. The predicted molar refractivity (Wildman–Crippen MR) is 98.8 cm³/mol. The van der Waals surface area contributed by atoms with Crippen LogP contribution in [0.4, 0.5) is 5.69 Å². The third-order valence-electron chi connectivity index (χ3n) is 3.83. The summed E-state index contributed by atoms with van der Waals surface area (Å²) in [6, 6.07) is 10.2. The van der Waals surface area contributed by atoms with E-state index in [9.17, 15) is 4.79 Å². The Morgan fingerprint density at radius 3 is 2.61 bits per heavy atom. The van der Waals surface area contributed by atoms with Crippen molar-refractivity contribution in [3.63, 3.8) is 0 Å². The van der Waals surface area contributed by atoms with Crippen LogP contribution in [0.15, 0.2) is 30.3 Å². The number of anilines is 1. The minimum atomic E-state index is -0.314. The van der Waals surface area contributed by atoms with Crippen molar-refractivity contribution in [1.29, 1.82) is 0 Å². The van der Waals surface area contributed by atoms with Gasteiger partial charge in [0, 0.05) is 32.4 Å². The minimum Gasteiger partial charge on any atom is -0.375 e. The molecule has 1 aromatic carbocycles. The Bertz CT molecular complexity index is 448. The lowest BCUT2D eigenvalue weighted by atomic mass is 10.2. The number of nitrogens with zero attached hydrogens (tertiary/aromatic N) is 1. The topological polar surface area (TPSA) is 67.6 Å². The van der Waals surface area contributed by atoms with E-state index in [0.29, 0.717) is 13.1 Å². The number of halogens is 2. The number of hydrogen-bond donors (Lipinski definition) is 2. The number of hydrogen-bond acceptors (Lipinski definition) is 4. The average molecular weight is 364 g/mol. The van der Waals surface area contributed by atoms with Crippen LogP contribution in [0.5, 0.6) is 0 Å². The molecule has 0 bridgehead atoms. The number of benzene rings is 1. The Labute approximate surface area is 150 Å². The van der Waals surface area contributed by atoms with Crippen molar-refractivity contribution >= 4 is 36.4 Å². The Balaban J connectivity index is 0.00000242. The number of carbonyl (C=O) groups excluding carboxylic acids is 1. The molecule has 0 radical (unpaired) electrons. The van der Waals surface area contributed by atoms with Crippen molar-refractivity contribution in [1.82, 2.24) is 5.32 Å². The van der Waals surface area contributed by atoms with Gasteiger partial charge in [-0.25, -0.2) is 0 Å². The molecule has 0 unspecified atom stereocenters. The van der Waals surface area contributed by atoms with Crippen LogP contribution in [0.1, 0.15) is 19.3 Å². The zero-order chi connectivity index (χ0) is 15.1. The van der Waals surface area contributed by atoms with Crippen LogP contribution < -0.4 is 16.0 Å². The molecule has 5 nitrogen and oxygen atoms in total. The van der Waals surface area contributed by atoms with E-state index in [1.165, 1.54) is 5.69 Å². The van der Waals surface area contributed by atoms with Gasteiger partial charge in [0.1, 0.15) is 6.10 Å². The van der Waals surface area contributed by atoms with Crippen molar-refractivity contribution in [2.24, 2.45) is 5.73 Å². The molecule has 0 aliphatic carbocycles. The van der Waals surface area contributed by atoms with Gasteiger partial charge in [0.25, 0.3) is 0 Å². The van der Waals surface area contributed by atoms with Gasteiger partial charge in [0.15, 0.2) is 0 Å². The van der Waals surface area contributed by atoms with Gasteiger partial charge in [-0.3, -0.25) is 4.79 Å². The molecule has 0 saturated carbocycles. The maximum atomic E-state index is 11.9. The summed E-state index contributed by atoms with van der Waals surface area (Å²) >= 11 is 0. The first-order valence-corrected chi connectivity index (χ1v) is 7.60. The second-order valence-corrected chi connectivity index (χ2v) is 5.46. The van der Waals surface area contributed by atoms with Crippen LogP contribution in [0.25, 0.3) is 0 Å². The van der Waals surface area contributed by atoms with Gasteiger partial charge in [-0.15, -0.1) is 24.8 Å². The second-order valence-electron chi connectivity index (χ2n) is 5.46. The largest absolute Gasteiger partial charge is 0.375 e. The summed E-state index contributed by atoms with van der Waals surface area (Å²) in [5.41, 5.74) is 6.73. The quantitative estimate of drug-likeness (QED) is 0.726. The third kappa shape index (κ3) is 6.96. The number of ether oxygens (including phenoxy) is 1. The highest BCUT2D eigenvalue weighted by molar-refractivity contribution is 5.85. The molecule has 0 aromatic heterocycles. The maximum Gasteiger partial charge on any atom is 0.249 e. The lowest BCUT2D eigenvalue weighted by Gasteiger charge is -2.19. The first kappa shape index (κ1) is 22.0. The Morgan fingerprint density at radius 1 is 1.30 bits per heavy atom. The standard InChI is InChI=1S/C16H25N3O2.2ClH/c1-19(13-6-3-2-4-7-13)11-5-10-18-16(20)15-9-8-14(12-17)21-15;;/h2-4,6-7,14-15H,5,8-12,17H2,1H3,(H,18,20);2*1H/t14-,15+;;/m1../s1. The predicted octanol–water partition coefficient (Wildman–Crippen LogP) is 1.98. The Morgan fingerprint density at radius 2 is 2.00 bits per heavy atom. The molecule has 1 saturated heterocycles. The van der Waals surface area contributed by atoms with Crippen LogP contribution in [0.2, 0.25) is 0 Å². The van der Waals surface area contributed by atoms with E-state index < -0.39 is 0 Å². The molecule has 3 N–H and O–H groups in total. The molecular weight excluding hydrogens is 337 g/mol. The fourth-order valence-corrected chi connectivity index (χ4v) is 2.53. The van der Waals surface area contributed by atoms with Crippen LogP contribution in [0, 0.1) is 0 Å². The summed E-state index contributed by atoms with van der Waals surface area (Å²) in [5.74, 6) is -0.00619. The SMILES string of the molecule is CN(CCCNC(=O)[C@@H]1CC[C@H](CN)O1)c1ccccc1.Cl.Cl. The van der Waals surface area contributed by atoms with E-state index >= 15 is 0 Å². The number of rotatable bonds is 7. The van der Waals surface area contributed by atoms with Crippen LogP contribution >= 0.6 is 24.8 Å². The summed E-state index contributed by atoms with van der Waals surface area (Å²) < 4.78 is 5.57. The fourth-order valence-electron chi connectivity index (χ4n) is 2.53. The van der Waals surface area contributed by atoms with Crippen molar-refractivity contribution < 1.29 is 9.53 Å². The lowest BCUT2D eigenvalue weighted by Crippen LogP contribution is -2.36. The van der Waals surface area contributed by atoms with E-state index in [1.54, 1.807) is 0 Å². The first-order chi connectivity index (χ1) is 10.2. The highest BCUT2D eigenvalue weighted by atomic mass is 35.5. The van der Waals surface area contributed by atoms with Gasteiger partial charge >= 0.3 is 0 Å². The molecule has 7 heteroatoms. The summed E-state index contributed by atoms with van der Waals surface area (Å²) in [4.78, 5) is 14.1. The normalized spacial score (nSPS) is 19.4. The second kappa shape index (κ2) is 11.5. The van der Waals surface area contributed by atoms with E-state index in [-0.39, 0.29) is 42.9 Å². The van der Waals surface area contributed by atoms with Gasteiger partial charge < -0.3 is 20.7 Å². The van der Waals surface area contributed by atoms with Crippen LogP contribution in [-0.2, 0) is 9.53 Å². The minimum absolute atomic E-state index is 0. The van der Waals surface area contributed by atoms with Crippen LogP contribution in [-0.4, -0.2) is 44.8 Å².